The molecular weight excluding hydrogens is 368 g/mol. The minimum atomic E-state index is 0.0982. The zero-order valence-corrected chi connectivity index (χ0v) is 18.3. The van der Waals surface area contributed by atoms with E-state index in [4.69, 9.17) is 4.74 Å². The highest BCUT2D eigenvalue weighted by Crippen LogP contribution is 2.25. The normalized spacial score (nSPS) is 17.8. The van der Waals surface area contributed by atoms with Crippen molar-refractivity contribution >= 4 is 17.3 Å². The Kier molecular flexibility index (Phi) is 7.45. The smallest absolute Gasteiger partial charge is 0.193 e. The molecule has 1 saturated heterocycles. The standard InChI is InChI=1S/C22H32N4OS/c1-16-8-9-19(17(2)13-16)20-14-26(11-12-27-20)22(23-4)24-10-6-5-7-21-25-18(3)15-28-21/h8-9,13,15,20H,5-7,10-12,14H2,1-4H3,(H,23,24). The SMILES string of the molecule is CN=C(NCCCCc1nc(C)cs1)N1CCOC(c2ccc(C)cc2C)C1. The minimum Gasteiger partial charge on any atom is -0.370 e. The molecule has 0 bridgehead atoms. The van der Waals surface area contributed by atoms with Gasteiger partial charge in [-0.3, -0.25) is 4.99 Å². The van der Waals surface area contributed by atoms with Crippen LogP contribution in [0.25, 0.3) is 0 Å². The van der Waals surface area contributed by atoms with Crippen LogP contribution >= 0.6 is 11.3 Å². The average Bonchev–Trinajstić information content (AvgIpc) is 3.10. The van der Waals surface area contributed by atoms with Crippen LogP contribution in [0.4, 0.5) is 0 Å². The lowest BCUT2D eigenvalue weighted by Gasteiger charge is -2.35. The Morgan fingerprint density at radius 2 is 2.18 bits per heavy atom. The third kappa shape index (κ3) is 5.55. The van der Waals surface area contributed by atoms with Crippen molar-refractivity contribution in [2.45, 2.75) is 46.1 Å². The van der Waals surface area contributed by atoms with Crippen LogP contribution in [0.5, 0.6) is 0 Å². The Morgan fingerprint density at radius 3 is 2.89 bits per heavy atom. The summed E-state index contributed by atoms with van der Waals surface area (Å²) < 4.78 is 6.07. The summed E-state index contributed by atoms with van der Waals surface area (Å²) in [4.78, 5) is 11.4. The van der Waals surface area contributed by atoms with Crippen LogP contribution in [0.2, 0.25) is 0 Å². The molecule has 1 unspecified atom stereocenters. The first-order chi connectivity index (χ1) is 13.6. The largest absolute Gasteiger partial charge is 0.370 e. The van der Waals surface area contributed by atoms with Crippen molar-refractivity contribution in [1.29, 1.82) is 0 Å². The number of thiazole rings is 1. The Balaban J connectivity index is 1.48. The molecule has 1 N–H and O–H groups in total. The minimum absolute atomic E-state index is 0.0982. The van der Waals surface area contributed by atoms with Crippen molar-refractivity contribution in [3.63, 3.8) is 0 Å². The van der Waals surface area contributed by atoms with Gasteiger partial charge in [-0.1, -0.05) is 23.8 Å². The number of rotatable bonds is 6. The highest BCUT2D eigenvalue weighted by molar-refractivity contribution is 7.09. The number of aliphatic imine (C=N–C) groups is 1. The number of guanidine groups is 1. The molecule has 0 radical (unpaired) electrons. The molecule has 1 aliphatic heterocycles. The molecular formula is C22H32N4OS. The second-order valence-corrected chi connectivity index (χ2v) is 8.42. The maximum Gasteiger partial charge on any atom is 0.193 e. The van der Waals surface area contributed by atoms with Gasteiger partial charge in [-0.2, -0.15) is 0 Å². The molecule has 1 atom stereocenters. The zero-order chi connectivity index (χ0) is 19.9. The molecule has 0 aliphatic carbocycles. The fourth-order valence-corrected chi connectivity index (χ4v) is 4.49. The first kappa shape index (κ1) is 20.8. The van der Waals surface area contributed by atoms with E-state index < -0.39 is 0 Å². The Morgan fingerprint density at radius 1 is 1.32 bits per heavy atom. The van der Waals surface area contributed by atoms with E-state index in [0.29, 0.717) is 0 Å². The van der Waals surface area contributed by atoms with Gasteiger partial charge in [0.25, 0.3) is 0 Å². The van der Waals surface area contributed by atoms with Gasteiger partial charge in [-0.25, -0.2) is 4.98 Å². The van der Waals surface area contributed by atoms with Crippen molar-refractivity contribution < 1.29 is 4.74 Å². The summed E-state index contributed by atoms with van der Waals surface area (Å²) in [7, 11) is 1.86. The van der Waals surface area contributed by atoms with Gasteiger partial charge in [0.05, 0.1) is 18.2 Å². The Hall–Kier alpha value is -1.92. The van der Waals surface area contributed by atoms with Crippen LogP contribution in [0.1, 0.15) is 46.3 Å². The number of unbranched alkanes of at least 4 members (excludes halogenated alkanes) is 1. The molecule has 1 aromatic carbocycles. The van der Waals surface area contributed by atoms with Gasteiger partial charge in [0.1, 0.15) is 6.10 Å². The molecule has 6 heteroatoms. The molecule has 0 amide bonds. The van der Waals surface area contributed by atoms with Crippen LogP contribution in [0.15, 0.2) is 28.6 Å². The topological polar surface area (TPSA) is 49.8 Å². The van der Waals surface area contributed by atoms with Gasteiger partial charge in [0.15, 0.2) is 5.96 Å². The first-order valence-electron chi connectivity index (χ1n) is 10.1. The number of morpholine rings is 1. The van der Waals surface area contributed by atoms with Crippen LogP contribution in [0, 0.1) is 20.8 Å². The van der Waals surface area contributed by atoms with Gasteiger partial charge in [-0.15, -0.1) is 11.3 Å². The van der Waals surface area contributed by atoms with Crippen molar-refractivity contribution in [3.8, 4) is 0 Å². The number of nitrogens with zero attached hydrogens (tertiary/aromatic N) is 3. The summed E-state index contributed by atoms with van der Waals surface area (Å²) >= 11 is 1.76. The summed E-state index contributed by atoms with van der Waals surface area (Å²) in [6.45, 7) is 9.72. The molecule has 2 heterocycles. The lowest BCUT2D eigenvalue weighted by Crippen LogP contribution is -2.48. The molecule has 0 saturated carbocycles. The van der Waals surface area contributed by atoms with Crippen molar-refractivity contribution in [3.05, 3.63) is 51.0 Å². The van der Waals surface area contributed by atoms with Crippen LogP contribution < -0.4 is 5.32 Å². The fraction of sp³-hybridized carbons (Fsp3) is 0.545. The third-order valence-corrected chi connectivity index (χ3v) is 6.14. The number of benzene rings is 1. The molecule has 152 valence electrons. The molecule has 1 aromatic heterocycles. The molecule has 3 rings (SSSR count). The molecule has 28 heavy (non-hydrogen) atoms. The monoisotopic (exact) mass is 400 g/mol. The van der Waals surface area contributed by atoms with E-state index in [2.05, 4.69) is 64.5 Å². The van der Waals surface area contributed by atoms with E-state index in [1.165, 1.54) is 21.7 Å². The van der Waals surface area contributed by atoms with Gasteiger partial charge >= 0.3 is 0 Å². The highest BCUT2D eigenvalue weighted by Gasteiger charge is 2.25. The van der Waals surface area contributed by atoms with Crippen molar-refractivity contribution in [2.75, 3.05) is 33.3 Å². The quantitative estimate of drug-likeness (QED) is 0.452. The number of ether oxygens (including phenoxy) is 1. The predicted octanol–water partition coefficient (Wildman–Crippen LogP) is 4.04. The molecule has 5 nitrogen and oxygen atoms in total. The van der Waals surface area contributed by atoms with E-state index in [1.807, 2.05) is 7.05 Å². The number of nitrogens with one attached hydrogen (secondary N) is 1. The summed E-state index contributed by atoms with van der Waals surface area (Å²) in [5.74, 6) is 0.975. The summed E-state index contributed by atoms with van der Waals surface area (Å²) in [6.07, 6.45) is 3.42. The van der Waals surface area contributed by atoms with E-state index >= 15 is 0 Å². The summed E-state index contributed by atoms with van der Waals surface area (Å²) in [6, 6.07) is 6.60. The van der Waals surface area contributed by atoms with E-state index in [9.17, 15) is 0 Å². The lowest BCUT2D eigenvalue weighted by molar-refractivity contribution is -0.00831. The predicted molar refractivity (Wildman–Crippen MR) is 117 cm³/mol. The second-order valence-electron chi connectivity index (χ2n) is 7.48. The third-order valence-electron chi connectivity index (χ3n) is 5.12. The summed E-state index contributed by atoms with van der Waals surface area (Å²) in [5, 5.41) is 6.90. The maximum atomic E-state index is 6.07. The number of aromatic nitrogens is 1. The zero-order valence-electron chi connectivity index (χ0n) is 17.5. The van der Waals surface area contributed by atoms with E-state index in [1.54, 1.807) is 11.3 Å². The van der Waals surface area contributed by atoms with Crippen LogP contribution in [0.3, 0.4) is 0 Å². The Labute approximate surface area is 172 Å². The van der Waals surface area contributed by atoms with Gasteiger partial charge in [0, 0.05) is 31.2 Å². The van der Waals surface area contributed by atoms with Crippen LogP contribution in [-0.2, 0) is 11.2 Å². The first-order valence-corrected chi connectivity index (χ1v) is 11.0. The number of hydrogen-bond donors (Lipinski definition) is 1. The average molecular weight is 401 g/mol. The number of hydrogen-bond acceptors (Lipinski definition) is 4. The molecule has 2 aromatic rings. The Bertz CT molecular complexity index is 802. The van der Waals surface area contributed by atoms with E-state index in [0.717, 1.165) is 57.2 Å². The highest BCUT2D eigenvalue weighted by atomic mass is 32.1. The van der Waals surface area contributed by atoms with Crippen molar-refractivity contribution in [1.82, 2.24) is 15.2 Å². The lowest BCUT2D eigenvalue weighted by atomic mass is 10.00. The molecule has 0 spiro atoms. The van der Waals surface area contributed by atoms with Gasteiger partial charge < -0.3 is 15.0 Å². The second kappa shape index (κ2) is 10.0. The molecule has 1 fully saturated rings. The van der Waals surface area contributed by atoms with Crippen molar-refractivity contribution in [2.24, 2.45) is 4.99 Å². The fourth-order valence-electron chi connectivity index (χ4n) is 3.67. The number of aryl methyl sites for hydroxylation is 4. The van der Waals surface area contributed by atoms with Gasteiger partial charge in [-0.05, 0) is 51.2 Å². The van der Waals surface area contributed by atoms with E-state index in [-0.39, 0.29) is 6.10 Å². The summed E-state index contributed by atoms with van der Waals surface area (Å²) in [5.41, 5.74) is 5.00. The molecule has 1 aliphatic rings. The maximum absolute atomic E-state index is 6.07. The van der Waals surface area contributed by atoms with Crippen LogP contribution in [-0.4, -0.2) is 49.1 Å². The van der Waals surface area contributed by atoms with Gasteiger partial charge in [0.2, 0.25) is 0 Å².